The van der Waals surface area contributed by atoms with Gasteiger partial charge in [-0.1, -0.05) is 38.5 Å². The van der Waals surface area contributed by atoms with Gasteiger partial charge in [-0.25, -0.2) is 4.68 Å². The molecule has 140 valence electrons. The number of amides is 1. The third kappa shape index (κ3) is 3.42. The number of nitrogens with zero attached hydrogens (tertiary/aromatic N) is 4. The zero-order valence-electron chi connectivity index (χ0n) is 16.4. The molecular formula is C22H26N4O. The van der Waals surface area contributed by atoms with Gasteiger partial charge in [0.25, 0.3) is 0 Å². The molecule has 4 rings (SSSR count). The van der Waals surface area contributed by atoms with E-state index in [4.69, 9.17) is 5.10 Å². The van der Waals surface area contributed by atoms with Crippen molar-refractivity contribution in [2.75, 3.05) is 0 Å². The van der Waals surface area contributed by atoms with Gasteiger partial charge in [-0.05, 0) is 36.6 Å². The van der Waals surface area contributed by atoms with Gasteiger partial charge in [0.2, 0.25) is 5.91 Å². The minimum absolute atomic E-state index is 0.0117. The van der Waals surface area contributed by atoms with Crippen molar-refractivity contribution in [3.63, 3.8) is 0 Å². The first kappa shape index (κ1) is 17.6. The fraction of sp³-hybridized carbons (Fsp3) is 0.364. The molecule has 0 N–H and O–H groups in total. The van der Waals surface area contributed by atoms with E-state index < -0.39 is 0 Å². The topological polar surface area (TPSA) is 43.1 Å². The van der Waals surface area contributed by atoms with Crippen molar-refractivity contribution in [3.8, 4) is 11.5 Å². The Balaban J connectivity index is 1.72. The summed E-state index contributed by atoms with van der Waals surface area (Å²) in [6.07, 6.45) is 4.61. The van der Waals surface area contributed by atoms with E-state index in [1.165, 1.54) is 5.56 Å². The summed E-state index contributed by atoms with van der Waals surface area (Å²) in [6.45, 7) is 9.58. The van der Waals surface area contributed by atoms with Crippen molar-refractivity contribution in [1.82, 2.24) is 19.2 Å². The monoisotopic (exact) mass is 362 g/mol. The number of hydrogen-bond donors (Lipinski definition) is 0. The van der Waals surface area contributed by atoms with Crippen LogP contribution in [-0.2, 0) is 17.9 Å². The molecule has 1 aliphatic rings. The lowest BCUT2D eigenvalue weighted by molar-refractivity contribution is -0.133. The number of carbonyl (C=O) groups excluding carboxylic acids is 1. The highest BCUT2D eigenvalue weighted by Crippen LogP contribution is 2.32. The molecule has 1 amide bonds. The number of aryl methyl sites for hydroxylation is 1. The summed E-state index contributed by atoms with van der Waals surface area (Å²) in [7, 11) is 0. The van der Waals surface area contributed by atoms with E-state index in [0.29, 0.717) is 19.5 Å². The second kappa shape index (κ2) is 6.41. The summed E-state index contributed by atoms with van der Waals surface area (Å²) in [6, 6.07) is 12.4. The number of aromatic nitrogens is 3. The lowest BCUT2D eigenvalue weighted by atomic mass is 9.92. The maximum absolute atomic E-state index is 12.7. The minimum atomic E-state index is -0.0117. The van der Waals surface area contributed by atoms with Gasteiger partial charge >= 0.3 is 0 Å². The molecule has 27 heavy (non-hydrogen) atoms. The number of fused-ring (bicyclic) bond motifs is 1. The van der Waals surface area contributed by atoms with Gasteiger partial charge in [0, 0.05) is 24.4 Å². The van der Waals surface area contributed by atoms with Crippen LogP contribution < -0.4 is 0 Å². The largest absolute Gasteiger partial charge is 0.332 e. The average Bonchev–Trinajstić information content (AvgIpc) is 3.29. The van der Waals surface area contributed by atoms with E-state index in [1.807, 2.05) is 34.1 Å². The quantitative estimate of drug-likeness (QED) is 0.699. The van der Waals surface area contributed by atoms with Gasteiger partial charge in [-0.3, -0.25) is 4.79 Å². The molecule has 5 nitrogen and oxygen atoms in total. The molecule has 1 aliphatic heterocycles. The third-order valence-electron chi connectivity index (χ3n) is 4.89. The Morgan fingerprint density at radius 1 is 1.07 bits per heavy atom. The zero-order chi connectivity index (χ0) is 19.2. The van der Waals surface area contributed by atoms with Crippen molar-refractivity contribution < 1.29 is 4.79 Å². The van der Waals surface area contributed by atoms with Gasteiger partial charge in [-0.2, -0.15) is 5.10 Å². The molecular weight excluding hydrogens is 336 g/mol. The predicted molar refractivity (Wildman–Crippen MR) is 106 cm³/mol. The molecule has 0 spiro atoms. The second-order valence-corrected chi connectivity index (χ2v) is 8.57. The average molecular weight is 362 g/mol. The molecule has 0 atom stereocenters. The lowest BCUT2D eigenvalue weighted by Crippen LogP contribution is -2.29. The Morgan fingerprint density at radius 3 is 2.37 bits per heavy atom. The normalized spacial score (nSPS) is 13.9. The summed E-state index contributed by atoms with van der Waals surface area (Å²) in [5, 5.41) is 4.88. The van der Waals surface area contributed by atoms with Crippen LogP contribution in [0, 0.1) is 12.3 Å². The van der Waals surface area contributed by atoms with Crippen LogP contribution in [0.5, 0.6) is 0 Å². The Bertz CT molecular complexity index is 959. The SMILES string of the molecule is Cc1ccc(-n2nc3c(c2-n2cccc2)CN(C(=O)CC(C)(C)C)C3)cc1. The number of rotatable bonds is 3. The molecule has 0 bridgehead atoms. The highest BCUT2D eigenvalue weighted by Gasteiger charge is 2.32. The molecule has 0 aliphatic carbocycles. The number of benzene rings is 1. The van der Waals surface area contributed by atoms with E-state index in [1.54, 1.807) is 0 Å². The molecule has 0 radical (unpaired) electrons. The maximum Gasteiger partial charge on any atom is 0.223 e. The first-order valence-corrected chi connectivity index (χ1v) is 9.41. The van der Waals surface area contributed by atoms with E-state index in [9.17, 15) is 4.79 Å². The lowest BCUT2D eigenvalue weighted by Gasteiger charge is -2.23. The second-order valence-electron chi connectivity index (χ2n) is 8.57. The van der Waals surface area contributed by atoms with Crippen molar-refractivity contribution in [2.24, 2.45) is 5.41 Å². The highest BCUT2D eigenvalue weighted by atomic mass is 16.2. The van der Waals surface area contributed by atoms with Crippen LogP contribution in [0.2, 0.25) is 0 Å². The summed E-state index contributed by atoms with van der Waals surface area (Å²) in [4.78, 5) is 14.6. The number of carbonyl (C=O) groups is 1. The first-order valence-electron chi connectivity index (χ1n) is 9.41. The summed E-state index contributed by atoms with van der Waals surface area (Å²) >= 11 is 0. The highest BCUT2D eigenvalue weighted by molar-refractivity contribution is 5.77. The van der Waals surface area contributed by atoms with E-state index >= 15 is 0 Å². The molecule has 0 saturated heterocycles. The third-order valence-corrected chi connectivity index (χ3v) is 4.89. The molecule has 3 heterocycles. The smallest absolute Gasteiger partial charge is 0.223 e. The van der Waals surface area contributed by atoms with Crippen LogP contribution >= 0.6 is 0 Å². The molecule has 0 fully saturated rings. The fourth-order valence-corrected chi connectivity index (χ4v) is 3.55. The standard InChI is InChI=1S/C22H26N4O/c1-16-7-9-17(10-8-16)26-21(24-11-5-6-12-24)18-14-25(15-19(18)23-26)20(27)13-22(2,3)4/h5-12H,13-15H2,1-4H3. The summed E-state index contributed by atoms with van der Waals surface area (Å²) in [5.41, 5.74) is 4.36. The van der Waals surface area contributed by atoms with E-state index in [-0.39, 0.29) is 11.3 Å². The predicted octanol–water partition coefficient (Wildman–Crippen LogP) is 4.25. The fourth-order valence-electron chi connectivity index (χ4n) is 3.55. The molecule has 5 heteroatoms. The van der Waals surface area contributed by atoms with Crippen molar-refractivity contribution >= 4 is 5.91 Å². The van der Waals surface area contributed by atoms with E-state index in [0.717, 1.165) is 22.8 Å². The first-order chi connectivity index (χ1) is 12.8. The number of hydrogen-bond acceptors (Lipinski definition) is 2. The van der Waals surface area contributed by atoms with E-state index in [2.05, 4.69) is 56.5 Å². The Morgan fingerprint density at radius 2 is 1.74 bits per heavy atom. The van der Waals surface area contributed by atoms with Crippen LogP contribution in [0.1, 0.15) is 44.0 Å². The van der Waals surface area contributed by atoms with Crippen molar-refractivity contribution in [2.45, 2.75) is 47.2 Å². The van der Waals surface area contributed by atoms with Gasteiger partial charge in [0.1, 0.15) is 5.82 Å². The maximum atomic E-state index is 12.7. The summed E-state index contributed by atoms with van der Waals surface area (Å²) < 4.78 is 4.08. The van der Waals surface area contributed by atoms with Gasteiger partial charge in [0.05, 0.1) is 24.5 Å². The minimum Gasteiger partial charge on any atom is -0.332 e. The zero-order valence-corrected chi connectivity index (χ0v) is 16.4. The van der Waals surface area contributed by atoms with Crippen molar-refractivity contribution in [1.29, 1.82) is 0 Å². The van der Waals surface area contributed by atoms with Crippen LogP contribution in [0.15, 0.2) is 48.8 Å². The van der Waals surface area contributed by atoms with Gasteiger partial charge in [-0.15, -0.1) is 0 Å². The Labute approximate surface area is 160 Å². The van der Waals surface area contributed by atoms with Gasteiger partial charge in [0.15, 0.2) is 0 Å². The van der Waals surface area contributed by atoms with Crippen molar-refractivity contribution in [3.05, 3.63) is 65.6 Å². The Kier molecular flexibility index (Phi) is 4.17. The Hall–Kier alpha value is -2.82. The van der Waals surface area contributed by atoms with Crippen LogP contribution in [0.25, 0.3) is 11.5 Å². The molecule has 0 saturated carbocycles. The van der Waals surface area contributed by atoms with Crippen LogP contribution in [-0.4, -0.2) is 25.2 Å². The molecule has 3 aromatic rings. The van der Waals surface area contributed by atoms with Gasteiger partial charge < -0.3 is 9.47 Å². The van der Waals surface area contributed by atoms with Crippen LogP contribution in [0.4, 0.5) is 0 Å². The van der Waals surface area contributed by atoms with Crippen LogP contribution in [0.3, 0.4) is 0 Å². The molecule has 2 aromatic heterocycles. The molecule has 1 aromatic carbocycles. The molecule has 0 unspecified atom stereocenters. The summed E-state index contributed by atoms with van der Waals surface area (Å²) in [5.74, 6) is 1.21.